The van der Waals surface area contributed by atoms with Gasteiger partial charge in [-0.25, -0.2) is 8.42 Å². The van der Waals surface area contributed by atoms with E-state index in [9.17, 15) is 8.42 Å². The van der Waals surface area contributed by atoms with Crippen molar-refractivity contribution >= 4 is 9.84 Å². The summed E-state index contributed by atoms with van der Waals surface area (Å²) in [7, 11) is -3.73. The molecule has 3 fully saturated rings. The van der Waals surface area contributed by atoms with Crippen LogP contribution in [0.25, 0.3) is 0 Å². The summed E-state index contributed by atoms with van der Waals surface area (Å²) in [5.41, 5.74) is 0. The molecule has 3 aliphatic heterocycles. The third-order valence-corrected chi connectivity index (χ3v) is 7.04. The van der Waals surface area contributed by atoms with Crippen LogP contribution in [-0.4, -0.2) is 56.5 Å². The maximum atomic E-state index is 13.4. The number of benzene rings is 1. The Morgan fingerprint density at radius 2 is 1.62 bits per heavy atom. The van der Waals surface area contributed by atoms with Gasteiger partial charge in [-0.1, -0.05) is 18.2 Å². The highest BCUT2D eigenvalue weighted by Crippen LogP contribution is 2.44. The maximum absolute atomic E-state index is 13.4. The van der Waals surface area contributed by atoms with E-state index in [0.717, 1.165) is 0 Å². The molecule has 0 N–H and O–H groups in total. The van der Waals surface area contributed by atoms with Crippen LogP contribution >= 0.6 is 0 Å². The van der Waals surface area contributed by atoms with Gasteiger partial charge in [-0.3, -0.25) is 0 Å². The summed E-state index contributed by atoms with van der Waals surface area (Å²) < 4.78 is 56.0. The highest BCUT2D eigenvalue weighted by atomic mass is 32.2. The SMILES string of the molecule is CC1(C)O[C@H]2O[C@H]([C@H]3COC(C)(C)O3)[C@H](S(=O)(=O)c3ccccc3)[C@H]2O1. The van der Waals surface area contributed by atoms with E-state index in [1.807, 2.05) is 0 Å². The lowest BCUT2D eigenvalue weighted by atomic mass is 10.1. The van der Waals surface area contributed by atoms with E-state index in [-0.39, 0.29) is 11.5 Å². The molecule has 0 spiro atoms. The molecule has 0 radical (unpaired) electrons. The average Bonchev–Trinajstić information content (AvgIpc) is 3.16. The Hall–Kier alpha value is -1.03. The first-order valence-corrected chi connectivity index (χ1v) is 10.3. The Labute approximate surface area is 153 Å². The van der Waals surface area contributed by atoms with Crippen LogP contribution in [0.5, 0.6) is 0 Å². The Balaban J connectivity index is 1.71. The summed E-state index contributed by atoms with van der Waals surface area (Å²) in [6.45, 7) is 7.32. The second-order valence-electron chi connectivity index (χ2n) is 7.76. The van der Waals surface area contributed by atoms with Crippen LogP contribution in [-0.2, 0) is 33.5 Å². The van der Waals surface area contributed by atoms with Gasteiger partial charge in [0.05, 0.1) is 11.5 Å². The molecule has 0 aliphatic carbocycles. The first-order valence-electron chi connectivity index (χ1n) is 8.71. The molecule has 3 saturated heterocycles. The molecule has 0 bridgehead atoms. The van der Waals surface area contributed by atoms with Crippen LogP contribution in [0, 0.1) is 0 Å². The zero-order chi connectivity index (χ0) is 18.7. The van der Waals surface area contributed by atoms with Crippen molar-refractivity contribution in [2.75, 3.05) is 6.61 Å². The average molecular weight is 384 g/mol. The van der Waals surface area contributed by atoms with Gasteiger partial charge in [0, 0.05) is 0 Å². The number of ether oxygens (including phenoxy) is 5. The summed E-state index contributed by atoms with van der Waals surface area (Å²) in [6.07, 6.45) is -2.75. The van der Waals surface area contributed by atoms with E-state index in [0.29, 0.717) is 0 Å². The molecule has 144 valence electrons. The van der Waals surface area contributed by atoms with E-state index in [1.165, 1.54) is 0 Å². The van der Waals surface area contributed by atoms with Crippen LogP contribution in [0.2, 0.25) is 0 Å². The quantitative estimate of drug-likeness (QED) is 0.787. The van der Waals surface area contributed by atoms with Gasteiger partial charge in [0.2, 0.25) is 0 Å². The predicted octanol–water partition coefficient (Wildman–Crippen LogP) is 1.86. The number of rotatable bonds is 3. The second kappa shape index (κ2) is 5.98. The Morgan fingerprint density at radius 1 is 0.923 bits per heavy atom. The van der Waals surface area contributed by atoms with E-state index in [1.54, 1.807) is 58.0 Å². The normalized spacial score (nSPS) is 38.4. The van der Waals surface area contributed by atoms with Crippen LogP contribution in [0.15, 0.2) is 35.2 Å². The summed E-state index contributed by atoms with van der Waals surface area (Å²) in [4.78, 5) is 0.228. The molecule has 3 heterocycles. The zero-order valence-corrected chi connectivity index (χ0v) is 16.1. The fourth-order valence-electron chi connectivity index (χ4n) is 3.80. The van der Waals surface area contributed by atoms with Crippen molar-refractivity contribution in [3.8, 4) is 0 Å². The first kappa shape index (κ1) is 18.3. The highest BCUT2D eigenvalue weighted by molar-refractivity contribution is 7.92. The van der Waals surface area contributed by atoms with Crippen molar-refractivity contribution in [3.63, 3.8) is 0 Å². The van der Waals surface area contributed by atoms with Gasteiger partial charge in [0.1, 0.15) is 23.6 Å². The van der Waals surface area contributed by atoms with Crippen LogP contribution in [0.3, 0.4) is 0 Å². The number of hydrogen-bond donors (Lipinski definition) is 0. The van der Waals surface area contributed by atoms with E-state index in [4.69, 9.17) is 23.7 Å². The maximum Gasteiger partial charge on any atom is 0.189 e. The van der Waals surface area contributed by atoms with Gasteiger partial charge >= 0.3 is 0 Å². The molecule has 0 saturated carbocycles. The molecule has 0 unspecified atom stereocenters. The Kier molecular flexibility index (Phi) is 4.22. The highest BCUT2D eigenvalue weighted by Gasteiger charge is 2.62. The Bertz CT molecular complexity index is 774. The van der Waals surface area contributed by atoms with Crippen molar-refractivity contribution in [2.24, 2.45) is 0 Å². The molecule has 1 aromatic carbocycles. The van der Waals surface area contributed by atoms with Crippen LogP contribution in [0.4, 0.5) is 0 Å². The van der Waals surface area contributed by atoms with Crippen LogP contribution in [0.1, 0.15) is 27.7 Å². The summed E-state index contributed by atoms with van der Waals surface area (Å²) in [5.74, 6) is -1.69. The van der Waals surface area contributed by atoms with Crippen molar-refractivity contribution in [1.29, 1.82) is 0 Å². The monoisotopic (exact) mass is 384 g/mol. The lowest BCUT2D eigenvalue weighted by molar-refractivity contribution is -0.220. The van der Waals surface area contributed by atoms with Gasteiger partial charge < -0.3 is 23.7 Å². The lowest BCUT2D eigenvalue weighted by Crippen LogP contribution is -2.47. The summed E-state index contributed by atoms with van der Waals surface area (Å²) in [5, 5.41) is -0.945. The minimum Gasteiger partial charge on any atom is -0.348 e. The molecular formula is C18H24O7S. The second-order valence-corrected chi connectivity index (χ2v) is 9.86. The molecule has 4 rings (SSSR count). The zero-order valence-electron chi connectivity index (χ0n) is 15.2. The first-order chi connectivity index (χ1) is 12.1. The van der Waals surface area contributed by atoms with Gasteiger partial charge in [-0.05, 0) is 39.8 Å². The molecule has 0 amide bonds. The molecule has 1 aromatic rings. The van der Waals surface area contributed by atoms with Crippen LogP contribution < -0.4 is 0 Å². The minimum absolute atomic E-state index is 0.228. The van der Waals surface area contributed by atoms with Crippen molar-refractivity contribution in [3.05, 3.63) is 30.3 Å². The standard InChI is InChI=1S/C18H24O7S/c1-17(2)21-10-12(23-17)13-15(14-16(22-13)25-18(3,4)24-14)26(19,20)11-8-6-5-7-9-11/h5-9,12-16H,10H2,1-4H3/t12-,13-,14-,15+,16-/m1/s1. The molecular weight excluding hydrogens is 360 g/mol. The predicted molar refractivity (Wildman–Crippen MR) is 91.0 cm³/mol. The molecule has 26 heavy (non-hydrogen) atoms. The molecule has 0 aromatic heterocycles. The van der Waals surface area contributed by atoms with Gasteiger partial charge in [0.15, 0.2) is 27.7 Å². The van der Waals surface area contributed by atoms with Crippen molar-refractivity contribution in [2.45, 2.75) is 74.0 Å². The summed E-state index contributed by atoms with van der Waals surface area (Å²) >= 11 is 0. The van der Waals surface area contributed by atoms with Crippen molar-refractivity contribution in [1.82, 2.24) is 0 Å². The van der Waals surface area contributed by atoms with Gasteiger partial charge in [-0.2, -0.15) is 0 Å². The van der Waals surface area contributed by atoms with E-state index >= 15 is 0 Å². The number of hydrogen-bond acceptors (Lipinski definition) is 7. The van der Waals surface area contributed by atoms with E-state index < -0.39 is 51.3 Å². The third-order valence-electron chi connectivity index (χ3n) is 4.85. The fourth-order valence-corrected chi connectivity index (χ4v) is 5.78. The smallest absolute Gasteiger partial charge is 0.189 e. The largest absolute Gasteiger partial charge is 0.348 e. The summed E-state index contributed by atoms with van der Waals surface area (Å²) in [6, 6.07) is 8.33. The van der Waals surface area contributed by atoms with Gasteiger partial charge in [-0.15, -0.1) is 0 Å². The van der Waals surface area contributed by atoms with Gasteiger partial charge in [0.25, 0.3) is 0 Å². The minimum atomic E-state index is -3.73. The van der Waals surface area contributed by atoms with E-state index in [2.05, 4.69) is 0 Å². The fraction of sp³-hybridized carbons (Fsp3) is 0.667. The third kappa shape index (κ3) is 3.08. The lowest BCUT2D eigenvalue weighted by Gasteiger charge is -2.28. The molecule has 5 atom stereocenters. The topological polar surface area (TPSA) is 80.3 Å². The molecule has 7 nitrogen and oxygen atoms in total. The molecule has 3 aliphatic rings. The Morgan fingerprint density at radius 3 is 2.23 bits per heavy atom. The van der Waals surface area contributed by atoms with Crippen molar-refractivity contribution < 1.29 is 32.1 Å². The number of sulfone groups is 1. The molecule has 8 heteroatoms. The number of fused-ring (bicyclic) bond motifs is 1.